The molecule has 3 fully saturated rings. The Bertz CT molecular complexity index is 1860. The quantitative estimate of drug-likeness (QED) is 0.128. The van der Waals surface area contributed by atoms with E-state index in [2.05, 4.69) is 42.8 Å². The molecule has 264 valence electrons. The van der Waals surface area contributed by atoms with E-state index in [0.717, 1.165) is 65.2 Å². The van der Waals surface area contributed by atoms with Crippen LogP contribution in [0.15, 0.2) is 30.5 Å². The van der Waals surface area contributed by atoms with E-state index < -0.39 is 11.6 Å². The minimum Gasteiger partial charge on any atom is -0.508 e. The van der Waals surface area contributed by atoms with Crippen LogP contribution in [0.3, 0.4) is 0 Å². The summed E-state index contributed by atoms with van der Waals surface area (Å²) in [5, 5.41) is 15.4. The molecule has 7 rings (SSSR count). The lowest BCUT2D eigenvalue weighted by Crippen LogP contribution is -2.51. The van der Waals surface area contributed by atoms with E-state index in [4.69, 9.17) is 16.1 Å². The Balaban J connectivity index is 1.13. The van der Waals surface area contributed by atoms with Gasteiger partial charge in [0.15, 0.2) is 5.82 Å². The van der Waals surface area contributed by atoms with Crippen LogP contribution in [0.25, 0.3) is 32.9 Å². The number of ether oxygens (including phenoxy) is 1. The van der Waals surface area contributed by atoms with Gasteiger partial charge < -0.3 is 25.0 Å². The highest BCUT2D eigenvalue weighted by Crippen LogP contribution is 2.39. The Morgan fingerprint density at radius 1 is 0.960 bits per heavy atom. The van der Waals surface area contributed by atoms with Gasteiger partial charge >= 0.3 is 6.01 Å². The number of hydrogen-bond donors (Lipinski definition) is 2. The first-order chi connectivity index (χ1) is 24.4. The maximum atomic E-state index is 16.8. The summed E-state index contributed by atoms with van der Waals surface area (Å²) in [6.07, 6.45) is 17.3. The lowest BCUT2D eigenvalue weighted by molar-refractivity contribution is 0.114. The van der Waals surface area contributed by atoms with Crippen LogP contribution in [0.1, 0.15) is 63.9 Å². The molecule has 3 aliphatic heterocycles. The number of benzene rings is 2. The van der Waals surface area contributed by atoms with E-state index >= 15 is 4.39 Å². The van der Waals surface area contributed by atoms with Crippen molar-refractivity contribution >= 4 is 27.5 Å². The second kappa shape index (κ2) is 15.4. The van der Waals surface area contributed by atoms with Crippen LogP contribution in [-0.4, -0.2) is 101 Å². The van der Waals surface area contributed by atoms with Crippen molar-refractivity contribution in [2.75, 3.05) is 63.9 Å². The number of nitrogens with one attached hydrogen (secondary N) is 1. The van der Waals surface area contributed by atoms with Crippen molar-refractivity contribution in [3.63, 3.8) is 0 Å². The van der Waals surface area contributed by atoms with E-state index in [9.17, 15) is 9.50 Å². The smallest absolute Gasteiger partial charge is 0.319 e. The average molecular weight is 684 g/mol. The highest BCUT2D eigenvalue weighted by atomic mass is 19.1. The molecule has 3 saturated heterocycles. The first-order valence-electron chi connectivity index (χ1n) is 18.3. The second-order valence-corrected chi connectivity index (χ2v) is 14.0. The van der Waals surface area contributed by atoms with Crippen molar-refractivity contribution in [2.24, 2.45) is 0 Å². The first kappa shape index (κ1) is 34.3. The van der Waals surface area contributed by atoms with E-state index in [1.807, 2.05) is 0 Å². The molecule has 2 unspecified atom stereocenters. The van der Waals surface area contributed by atoms with Crippen molar-refractivity contribution in [2.45, 2.75) is 70.4 Å². The number of aromatic hydroxyl groups is 1. The Morgan fingerprint density at radius 3 is 2.42 bits per heavy atom. The van der Waals surface area contributed by atoms with Crippen molar-refractivity contribution < 1.29 is 18.6 Å². The fraction of sp³-hybridized carbons (Fsp3) is 0.513. The molecule has 0 saturated carbocycles. The number of terminal acetylenes is 1. The van der Waals surface area contributed by atoms with E-state index in [1.165, 1.54) is 62.8 Å². The summed E-state index contributed by atoms with van der Waals surface area (Å²) in [6.45, 7) is 10.0. The van der Waals surface area contributed by atoms with Crippen LogP contribution in [0, 0.1) is 24.0 Å². The molecule has 0 aliphatic carbocycles. The van der Waals surface area contributed by atoms with Crippen LogP contribution >= 0.6 is 0 Å². The number of pyridine rings is 1. The van der Waals surface area contributed by atoms with Gasteiger partial charge in [0.05, 0.1) is 10.9 Å². The van der Waals surface area contributed by atoms with E-state index in [-0.39, 0.29) is 34.1 Å². The molecule has 0 spiro atoms. The average Bonchev–Trinajstić information content (AvgIpc) is 3.47. The number of phenolic OH excluding ortho intramolecular Hbond substituents is 1. The minimum atomic E-state index is -0.713. The molecule has 0 amide bonds. The number of nitrogens with zero attached hydrogens (tertiary/aromatic N) is 6. The second-order valence-electron chi connectivity index (χ2n) is 14.0. The summed E-state index contributed by atoms with van der Waals surface area (Å²) in [5.41, 5.74) is 0.130. The van der Waals surface area contributed by atoms with Gasteiger partial charge in [0.2, 0.25) is 0 Å². The van der Waals surface area contributed by atoms with Crippen LogP contribution in [0.2, 0.25) is 0 Å². The molecule has 9 nitrogen and oxygen atoms in total. The van der Waals surface area contributed by atoms with Gasteiger partial charge in [-0.25, -0.2) is 8.78 Å². The van der Waals surface area contributed by atoms with Crippen LogP contribution in [0.5, 0.6) is 11.8 Å². The number of hydrogen-bond acceptors (Lipinski definition) is 9. The van der Waals surface area contributed by atoms with Crippen LogP contribution in [-0.2, 0) is 0 Å². The molecule has 0 radical (unpaired) electrons. The molecule has 2 bridgehead atoms. The molecule has 50 heavy (non-hydrogen) atoms. The SMILES string of the molecule is C#Cc1c(F)ccc2cc(O)cc(-c3ncc4c(N5CC6CCC(C5)N6)nc(OCCN5CCN(CCCCCCCC)CC5)nc4c3F)c12. The van der Waals surface area contributed by atoms with Gasteiger partial charge in [0, 0.05) is 75.0 Å². The fourth-order valence-corrected chi connectivity index (χ4v) is 7.86. The van der Waals surface area contributed by atoms with Gasteiger partial charge in [0.1, 0.15) is 35.2 Å². The summed E-state index contributed by atoms with van der Waals surface area (Å²) in [6, 6.07) is 6.34. The number of unbranched alkanes of at least 4 members (excludes halogenated alkanes) is 5. The maximum absolute atomic E-state index is 16.8. The zero-order valence-corrected chi connectivity index (χ0v) is 28.9. The fourth-order valence-electron chi connectivity index (χ4n) is 7.86. The minimum absolute atomic E-state index is 0.0225. The molecule has 11 heteroatoms. The molecule has 2 N–H and O–H groups in total. The number of phenols is 1. The third kappa shape index (κ3) is 7.34. The van der Waals surface area contributed by atoms with Crippen molar-refractivity contribution in [3.05, 3.63) is 47.7 Å². The summed E-state index contributed by atoms with van der Waals surface area (Å²) < 4.78 is 37.8. The topological polar surface area (TPSA) is 89.9 Å². The first-order valence-corrected chi connectivity index (χ1v) is 18.3. The zero-order valence-electron chi connectivity index (χ0n) is 28.9. The summed E-state index contributed by atoms with van der Waals surface area (Å²) in [5.74, 6) is 1.54. The highest BCUT2D eigenvalue weighted by Gasteiger charge is 2.34. The number of halogens is 2. The highest BCUT2D eigenvalue weighted by molar-refractivity contribution is 6.03. The Kier molecular flexibility index (Phi) is 10.6. The molecule has 2 aromatic carbocycles. The monoisotopic (exact) mass is 683 g/mol. The molecule has 2 aromatic heterocycles. The standard InChI is InChI=1S/C39H47F2N7O2/c1-3-5-6-7-8-9-14-46-15-17-47(18-16-46)19-20-50-39-44-37-32(38(45-39)48-24-27-11-12-28(25-48)43-27)23-42-36(35(37)41)31-22-29(49)21-26-10-13-33(40)30(4-2)34(26)31/h2,10,13,21-23,27-28,43,49H,3,5-9,11-12,14-20,24-25H2,1H3. The maximum Gasteiger partial charge on any atom is 0.319 e. The van der Waals surface area contributed by atoms with Crippen molar-refractivity contribution in [3.8, 4) is 35.4 Å². The number of aromatic nitrogens is 3. The third-order valence-electron chi connectivity index (χ3n) is 10.5. The zero-order chi connectivity index (χ0) is 34.6. The number of piperazine rings is 2. The van der Waals surface area contributed by atoms with Crippen LogP contribution < -0.4 is 15.0 Å². The van der Waals surface area contributed by atoms with Crippen LogP contribution in [0.4, 0.5) is 14.6 Å². The van der Waals surface area contributed by atoms with Gasteiger partial charge in [-0.3, -0.25) is 9.88 Å². The van der Waals surface area contributed by atoms with Crippen molar-refractivity contribution in [1.29, 1.82) is 0 Å². The predicted molar refractivity (Wildman–Crippen MR) is 194 cm³/mol. The lowest BCUT2D eigenvalue weighted by atomic mass is 9.96. The van der Waals surface area contributed by atoms with Crippen molar-refractivity contribution in [1.82, 2.24) is 30.1 Å². The van der Waals surface area contributed by atoms with Gasteiger partial charge in [-0.15, -0.1) is 6.42 Å². The molecule has 4 aromatic rings. The largest absolute Gasteiger partial charge is 0.508 e. The van der Waals surface area contributed by atoms with Gasteiger partial charge in [0.25, 0.3) is 0 Å². The number of fused-ring (bicyclic) bond motifs is 4. The third-order valence-corrected chi connectivity index (χ3v) is 10.5. The van der Waals surface area contributed by atoms with E-state index in [1.54, 1.807) is 6.20 Å². The Hall–Kier alpha value is -4.11. The molecule has 3 aliphatic rings. The summed E-state index contributed by atoms with van der Waals surface area (Å²) in [4.78, 5) is 21.1. The molecular weight excluding hydrogens is 636 g/mol. The normalized spacial score (nSPS) is 19.8. The van der Waals surface area contributed by atoms with Gasteiger partial charge in [-0.1, -0.05) is 51.0 Å². The molecule has 2 atom stereocenters. The Labute approximate surface area is 293 Å². The predicted octanol–water partition coefficient (Wildman–Crippen LogP) is 6.11. The Morgan fingerprint density at radius 2 is 1.68 bits per heavy atom. The number of anilines is 1. The van der Waals surface area contributed by atoms with Gasteiger partial charge in [-0.2, -0.15) is 9.97 Å². The molecule has 5 heterocycles. The summed E-state index contributed by atoms with van der Waals surface area (Å²) >= 11 is 0. The molecular formula is C39H47F2N7O2. The van der Waals surface area contributed by atoms with E-state index in [0.29, 0.717) is 40.7 Å². The van der Waals surface area contributed by atoms with Gasteiger partial charge in [-0.05, 0) is 49.4 Å². The summed E-state index contributed by atoms with van der Waals surface area (Å²) in [7, 11) is 0. The lowest BCUT2D eigenvalue weighted by Gasteiger charge is -2.35. The number of rotatable bonds is 13.